The molecule has 0 fully saturated rings. The van der Waals surface area contributed by atoms with Crippen molar-refractivity contribution in [2.75, 3.05) is 26.4 Å². The third-order valence-electron chi connectivity index (χ3n) is 7.43. The van der Waals surface area contributed by atoms with Gasteiger partial charge in [-0.1, -0.05) is 67.3 Å². The number of hydrogen-bond donors (Lipinski definition) is 2. The normalized spacial score (nSPS) is 12.7. The number of ether oxygens (including phenoxy) is 3. The van der Waals surface area contributed by atoms with Crippen molar-refractivity contribution >= 4 is 0 Å². The van der Waals surface area contributed by atoms with Gasteiger partial charge in [-0.05, 0) is 64.3 Å². The minimum Gasteiger partial charge on any atom is -0.507 e. The van der Waals surface area contributed by atoms with Gasteiger partial charge in [0.2, 0.25) is 0 Å². The summed E-state index contributed by atoms with van der Waals surface area (Å²) in [6.45, 7) is 13.5. The van der Waals surface area contributed by atoms with Crippen LogP contribution in [0.25, 0.3) is 34.2 Å². The van der Waals surface area contributed by atoms with E-state index in [9.17, 15) is 10.2 Å². The molecule has 44 heavy (non-hydrogen) atoms. The topological polar surface area (TPSA) is 107 Å². The van der Waals surface area contributed by atoms with Crippen molar-refractivity contribution < 1.29 is 24.4 Å². The third-order valence-corrected chi connectivity index (χ3v) is 7.43. The largest absolute Gasteiger partial charge is 0.507 e. The first kappa shape index (κ1) is 33.1. The molecule has 4 rings (SSSR count). The number of aliphatic hydroxyl groups excluding tert-OH is 1. The van der Waals surface area contributed by atoms with Crippen LogP contribution in [0.1, 0.15) is 55.4 Å². The van der Waals surface area contributed by atoms with E-state index in [-0.39, 0.29) is 25.1 Å². The van der Waals surface area contributed by atoms with Crippen LogP contribution < -0.4 is 4.74 Å². The van der Waals surface area contributed by atoms with E-state index in [1.54, 1.807) is 12.1 Å². The lowest BCUT2D eigenvalue weighted by molar-refractivity contribution is -0.0462. The molecule has 2 N–H and O–H groups in total. The Morgan fingerprint density at radius 1 is 0.705 bits per heavy atom. The fourth-order valence-corrected chi connectivity index (χ4v) is 5.11. The molecule has 8 heteroatoms. The number of aliphatic hydroxyl groups is 1. The van der Waals surface area contributed by atoms with E-state index in [0.29, 0.717) is 42.0 Å². The molecule has 4 aromatic rings. The molecule has 0 bridgehead atoms. The van der Waals surface area contributed by atoms with E-state index in [2.05, 4.69) is 32.9 Å². The van der Waals surface area contributed by atoms with Crippen molar-refractivity contribution in [1.29, 1.82) is 0 Å². The van der Waals surface area contributed by atoms with Crippen molar-refractivity contribution in [1.82, 2.24) is 15.0 Å². The molecule has 2 unspecified atom stereocenters. The molecule has 0 saturated heterocycles. The molecule has 0 saturated carbocycles. The van der Waals surface area contributed by atoms with Gasteiger partial charge in [0, 0.05) is 23.8 Å². The molecule has 8 nitrogen and oxygen atoms in total. The van der Waals surface area contributed by atoms with Gasteiger partial charge in [-0.15, -0.1) is 0 Å². The Labute approximate surface area is 261 Å². The SMILES string of the molecule is CCCCC(COCC(O)COc1ccc(-c2nc(-c3ccc(C)cc3C)nc(-c3ccc(C)cc3C)n2)c(O)c1)OCC. The van der Waals surface area contributed by atoms with Crippen LogP contribution in [0, 0.1) is 27.7 Å². The van der Waals surface area contributed by atoms with Gasteiger partial charge < -0.3 is 24.4 Å². The van der Waals surface area contributed by atoms with E-state index < -0.39 is 6.10 Å². The highest BCUT2D eigenvalue weighted by Gasteiger charge is 2.18. The number of benzene rings is 3. The Bertz CT molecular complexity index is 1470. The van der Waals surface area contributed by atoms with Crippen LogP contribution in [-0.2, 0) is 9.47 Å². The molecule has 0 spiro atoms. The van der Waals surface area contributed by atoms with Gasteiger partial charge in [0.05, 0.1) is 24.9 Å². The highest BCUT2D eigenvalue weighted by atomic mass is 16.5. The van der Waals surface area contributed by atoms with Crippen molar-refractivity contribution in [3.63, 3.8) is 0 Å². The van der Waals surface area contributed by atoms with E-state index in [0.717, 1.165) is 52.6 Å². The summed E-state index contributed by atoms with van der Waals surface area (Å²) in [6.07, 6.45) is 2.30. The van der Waals surface area contributed by atoms with Crippen molar-refractivity contribution in [3.05, 3.63) is 76.9 Å². The first-order valence-corrected chi connectivity index (χ1v) is 15.4. The second-order valence-corrected chi connectivity index (χ2v) is 11.3. The van der Waals surface area contributed by atoms with Gasteiger partial charge in [-0.2, -0.15) is 0 Å². The summed E-state index contributed by atoms with van der Waals surface area (Å²) < 4.78 is 17.2. The number of phenols is 1. The molecule has 2 atom stereocenters. The number of unbranched alkanes of at least 4 members (excludes halogenated alkanes) is 1. The average molecular weight is 600 g/mol. The summed E-state index contributed by atoms with van der Waals surface area (Å²) in [5.41, 5.74) is 6.67. The summed E-state index contributed by atoms with van der Waals surface area (Å²) in [5.74, 6) is 1.80. The van der Waals surface area contributed by atoms with Crippen molar-refractivity contribution in [2.24, 2.45) is 0 Å². The average Bonchev–Trinajstić information content (AvgIpc) is 2.98. The van der Waals surface area contributed by atoms with Crippen LogP contribution >= 0.6 is 0 Å². The summed E-state index contributed by atoms with van der Waals surface area (Å²) >= 11 is 0. The van der Waals surface area contributed by atoms with E-state index in [1.807, 2.05) is 45.0 Å². The lowest BCUT2D eigenvalue weighted by Gasteiger charge is -2.18. The van der Waals surface area contributed by atoms with Crippen LogP contribution in [-0.4, -0.2) is 63.8 Å². The van der Waals surface area contributed by atoms with Crippen LogP contribution in [0.2, 0.25) is 0 Å². The lowest BCUT2D eigenvalue weighted by atomic mass is 10.0. The molecular formula is C36H45N3O5. The van der Waals surface area contributed by atoms with E-state index in [4.69, 9.17) is 29.2 Å². The third kappa shape index (κ3) is 8.85. The number of phenolic OH excluding ortho intramolecular Hbond substituents is 1. The van der Waals surface area contributed by atoms with Gasteiger partial charge in [0.1, 0.15) is 24.2 Å². The predicted octanol–water partition coefficient (Wildman–Crippen LogP) is 7.16. The van der Waals surface area contributed by atoms with E-state index >= 15 is 0 Å². The maximum absolute atomic E-state index is 11.1. The van der Waals surface area contributed by atoms with Gasteiger partial charge in [0.15, 0.2) is 17.5 Å². The first-order valence-electron chi connectivity index (χ1n) is 15.4. The summed E-state index contributed by atoms with van der Waals surface area (Å²) in [4.78, 5) is 14.4. The van der Waals surface area contributed by atoms with E-state index in [1.165, 1.54) is 6.07 Å². The first-order chi connectivity index (χ1) is 21.2. The van der Waals surface area contributed by atoms with Crippen LogP contribution in [0.4, 0.5) is 0 Å². The zero-order valence-corrected chi connectivity index (χ0v) is 26.8. The monoisotopic (exact) mass is 599 g/mol. The Kier molecular flexibility index (Phi) is 11.8. The molecule has 0 aliphatic rings. The highest BCUT2D eigenvalue weighted by Crippen LogP contribution is 2.34. The number of rotatable bonds is 15. The Balaban J connectivity index is 1.53. The quantitative estimate of drug-likeness (QED) is 0.148. The maximum atomic E-state index is 11.1. The van der Waals surface area contributed by atoms with Gasteiger partial charge in [-0.3, -0.25) is 0 Å². The number of aromatic nitrogens is 3. The maximum Gasteiger partial charge on any atom is 0.167 e. The summed E-state index contributed by atoms with van der Waals surface area (Å²) in [7, 11) is 0. The number of aryl methyl sites for hydroxylation is 4. The zero-order valence-electron chi connectivity index (χ0n) is 26.8. The van der Waals surface area contributed by atoms with Crippen LogP contribution in [0.3, 0.4) is 0 Å². The molecule has 234 valence electrons. The molecule has 0 amide bonds. The lowest BCUT2D eigenvalue weighted by Crippen LogP contribution is -2.27. The molecule has 0 aliphatic carbocycles. The summed E-state index contributed by atoms with van der Waals surface area (Å²) in [6, 6.07) is 17.3. The number of nitrogens with zero attached hydrogens (tertiary/aromatic N) is 3. The Morgan fingerprint density at radius 2 is 1.27 bits per heavy atom. The van der Waals surface area contributed by atoms with Gasteiger partial charge in [-0.25, -0.2) is 15.0 Å². The Morgan fingerprint density at radius 3 is 1.80 bits per heavy atom. The zero-order chi connectivity index (χ0) is 31.6. The molecular weight excluding hydrogens is 554 g/mol. The molecule has 3 aromatic carbocycles. The summed E-state index contributed by atoms with van der Waals surface area (Å²) in [5, 5.41) is 21.5. The fourth-order valence-electron chi connectivity index (χ4n) is 5.11. The molecule has 1 aromatic heterocycles. The molecule has 1 heterocycles. The van der Waals surface area contributed by atoms with Crippen molar-refractivity contribution in [3.8, 4) is 45.7 Å². The van der Waals surface area contributed by atoms with Gasteiger partial charge in [0.25, 0.3) is 0 Å². The smallest absolute Gasteiger partial charge is 0.167 e. The molecule has 0 radical (unpaired) electrons. The number of aromatic hydroxyl groups is 1. The van der Waals surface area contributed by atoms with Crippen LogP contribution in [0.5, 0.6) is 11.5 Å². The second kappa shape index (κ2) is 15.7. The second-order valence-electron chi connectivity index (χ2n) is 11.3. The molecule has 0 aliphatic heterocycles. The standard InChI is InChI=1S/C36H45N3O5/c1-7-9-10-29(43-8-2)22-42-20-27(40)21-44-28-13-16-32(33(41)19-28)36-38-34(30-14-11-23(3)17-25(30)5)37-35(39-36)31-15-12-24(4)18-26(31)6/h11-19,27,29,40-41H,7-10,20-22H2,1-6H3. The predicted molar refractivity (Wildman–Crippen MR) is 174 cm³/mol. The number of hydrogen-bond acceptors (Lipinski definition) is 8. The Hall–Kier alpha value is -3.85. The van der Waals surface area contributed by atoms with Gasteiger partial charge >= 0.3 is 0 Å². The van der Waals surface area contributed by atoms with Crippen LogP contribution in [0.15, 0.2) is 54.6 Å². The minimum atomic E-state index is -0.825. The van der Waals surface area contributed by atoms with Crippen molar-refractivity contribution in [2.45, 2.75) is 73.0 Å². The minimum absolute atomic E-state index is 0.0203. The highest BCUT2D eigenvalue weighted by molar-refractivity contribution is 5.72. The fraction of sp³-hybridized carbons (Fsp3) is 0.417.